The van der Waals surface area contributed by atoms with E-state index in [2.05, 4.69) is 26.2 Å². The maximum atomic E-state index is 10.9. The first-order chi connectivity index (χ1) is 9.16. The van der Waals surface area contributed by atoms with Crippen molar-refractivity contribution in [2.75, 3.05) is 6.54 Å². The van der Waals surface area contributed by atoms with E-state index in [4.69, 9.17) is 0 Å². The van der Waals surface area contributed by atoms with Gasteiger partial charge in [-0.25, -0.2) is 4.98 Å². The second kappa shape index (κ2) is 6.44. The molecule has 0 aliphatic rings. The minimum Gasteiger partial charge on any atom is -0.336 e. The Morgan fingerprint density at radius 3 is 3.00 bits per heavy atom. The Morgan fingerprint density at radius 2 is 2.32 bits per heavy atom. The predicted octanol–water partition coefficient (Wildman–Crippen LogP) is 2.34. The third kappa shape index (κ3) is 3.87. The third-order valence-corrected chi connectivity index (χ3v) is 3.15. The van der Waals surface area contributed by atoms with Crippen LogP contribution in [0.15, 0.2) is 41.4 Å². The normalized spacial score (nSPS) is 10.6. The number of nitro groups is 1. The number of hydrogen-bond donors (Lipinski definition) is 1. The van der Waals surface area contributed by atoms with Crippen LogP contribution in [0, 0.1) is 10.1 Å². The van der Waals surface area contributed by atoms with Crippen molar-refractivity contribution in [2.45, 2.75) is 13.1 Å². The highest BCUT2D eigenvalue weighted by Gasteiger charge is 2.12. The van der Waals surface area contributed by atoms with E-state index in [-0.39, 0.29) is 10.6 Å². The zero-order valence-corrected chi connectivity index (χ0v) is 11.7. The van der Waals surface area contributed by atoms with Crippen molar-refractivity contribution in [1.82, 2.24) is 14.9 Å². The molecular weight excluding hydrogens is 312 g/mol. The van der Waals surface area contributed by atoms with E-state index in [0.717, 1.165) is 17.6 Å². The smallest absolute Gasteiger partial charge is 0.273 e. The van der Waals surface area contributed by atoms with Gasteiger partial charge in [-0.05, 0) is 12.1 Å². The Kier molecular flexibility index (Phi) is 4.64. The molecule has 0 spiro atoms. The quantitative estimate of drug-likeness (QED) is 0.503. The fourth-order valence-electron chi connectivity index (χ4n) is 1.72. The molecule has 1 N–H and O–H groups in total. The zero-order chi connectivity index (χ0) is 13.7. The third-order valence-electron chi connectivity index (χ3n) is 2.66. The first kappa shape index (κ1) is 13.7. The van der Waals surface area contributed by atoms with Crippen molar-refractivity contribution in [1.29, 1.82) is 0 Å². The summed E-state index contributed by atoms with van der Waals surface area (Å²) in [6, 6.07) is 4.95. The molecule has 0 aliphatic carbocycles. The molecule has 0 aliphatic heterocycles. The van der Waals surface area contributed by atoms with Crippen LogP contribution in [0.3, 0.4) is 0 Å². The number of aromatic nitrogens is 2. The highest BCUT2D eigenvalue weighted by Crippen LogP contribution is 2.22. The number of nitrogens with zero attached hydrogens (tertiary/aromatic N) is 3. The van der Waals surface area contributed by atoms with Gasteiger partial charge in [-0.2, -0.15) is 0 Å². The monoisotopic (exact) mass is 324 g/mol. The first-order valence-electron chi connectivity index (χ1n) is 5.76. The molecule has 2 rings (SSSR count). The Balaban J connectivity index is 1.91. The summed E-state index contributed by atoms with van der Waals surface area (Å²) in [5, 5.41) is 14.1. The molecule has 2 aromatic rings. The molecule has 7 heteroatoms. The fraction of sp³-hybridized carbons (Fsp3) is 0.250. The number of benzene rings is 1. The van der Waals surface area contributed by atoms with Gasteiger partial charge in [0.2, 0.25) is 0 Å². The maximum absolute atomic E-state index is 10.9. The minimum absolute atomic E-state index is 0.137. The summed E-state index contributed by atoms with van der Waals surface area (Å²) >= 11 is 3.32. The van der Waals surface area contributed by atoms with Crippen LogP contribution in [0.2, 0.25) is 0 Å². The van der Waals surface area contributed by atoms with Crippen molar-refractivity contribution < 1.29 is 4.92 Å². The number of imidazole rings is 1. The van der Waals surface area contributed by atoms with Crippen LogP contribution in [0.25, 0.3) is 0 Å². The largest absolute Gasteiger partial charge is 0.336 e. The van der Waals surface area contributed by atoms with E-state index in [1.165, 1.54) is 6.07 Å². The summed E-state index contributed by atoms with van der Waals surface area (Å²) in [5.74, 6) is 0. The SMILES string of the molecule is O=[N+]([O-])c1ccc(Br)cc1CNCCn1ccnc1. The van der Waals surface area contributed by atoms with Gasteiger partial charge in [0, 0.05) is 48.1 Å². The lowest BCUT2D eigenvalue weighted by atomic mass is 10.2. The molecule has 19 heavy (non-hydrogen) atoms. The van der Waals surface area contributed by atoms with Crippen LogP contribution in [-0.4, -0.2) is 21.0 Å². The Hall–Kier alpha value is -1.73. The first-order valence-corrected chi connectivity index (χ1v) is 6.55. The Bertz CT molecular complexity index is 557. The van der Waals surface area contributed by atoms with Crippen molar-refractivity contribution >= 4 is 21.6 Å². The van der Waals surface area contributed by atoms with Crippen molar-refractivity contribution in [3.63, 3.8) is 0 Å². The highest BCUT2D eigenvalue weighted by atomic mass is 79.9. The van der Waals surface area contributed by atoms with Crippen LogP contribution in [0.4, 0.5) is 5.69 Å². The van der Waals surface area contributed by atoms with Crippen LogP contribution in [-0.2, 0) is 13.1 Å². The summed E-state index contributed by atoms with van der Waals surface area (Å²) in [6.07, 6.45) is 5.34. The topological polar surface area (TPSA) is 73.0 Å². The van der Waals surface area contributed by atoms with Crippen molar-refractivity contribution in [3.05, 3.63) is 57.1 Å². The van der Waals surface area contributed by atoms with Gasteiger partial charge in [0.05, 0.1) is 11.3 Å². The number of nitrogens with one attached hydrogen (secondary N) is 1. The molecule has 0 fully saturated rings. The van der Waals surface area contributed by atoms with Crippen molar-refractivity contribution in [2.24, 2.45) is 0 Å². The van der Waals surface area contributed by atoms with Gasteiger partial charge in [-0.3, -0.25) is 10.1 Å². The molecule has 1 heterocycles. The average Bonchev–Trinajstić information content (AvgIpc) is 2.87. The lowest BCUT2D eigenvalue weighted by molar-refractivity contribution is -0.385. The second-order valence-corrected chi connectivity index (χ2v) is 4.92. The second-order valence-electron chi connectivity index (χ2n) is 4.01. The average molecular weight is 325 g/mol. The molecule has 6 nitrogen and oxygen atoms in total. The molecule has 100 valence electrons. The van der Waals surface area contributed by atoms with Crippen LogP contribution in [0.5, 0.6) is 0 Å². The summed E-state index contributed by atoms with van der Waals surface area (Å²) < 4.78 is 2.78. The molecule has 0 unspecified atom stereocenters. The standard InChI is InChI=1S/C12H13BrN4O2/c13-11-1-2-12(17(18)19)10(7-11)8-14-3-5-16-6-4-15-9-16/h1-2,4,6-7,9,14H,3,5,8H2. The summed E-state index contributed by atoms with van der Waals surface area (Å²) in [4.78, 5) is 14.5. The fourth-order valence-corrected chi connectivity index (χ4v) is 2.13. The molecule has 0 saturated heterocycles. The number of halogens is 1. The Morgan fingerprint density at radius 1 is 1.47 bits per heavy atom. The van der Waals surface area contributed by atoms with Gasteiger partial charge >= 0.3 is 0 Å². The van der Waals surface area contributed by atoms with Gasteiger partial charge in [0.1, 0.15) is 0 Å². The minimum atomic E-state index is -0.362. The van der Waals surface area contributed by atoms with E-state index in [1.54, 1.807) is 24.7 Å². The summed E-state index contributed by atoms with van der Waals surface area (Å²) in [7, 11) is 0. The van der Waals surface area contributed by atoms with Crippen LogP contribution < -0.4 is 5.32 Å². The molecule has 0 radical (unpaired) electrons. The molecule has 0 atom stereocenters. The van der Waals surface area contributed by atoms with Gasteiger partial charge in [-0.1, -0.05) is 15.9 Å². The maximum Gasteiger partial charge on any atom is 0.273 e. The zero-order valence-electron chi connectivity index (χ0n) is 10.1. The lowest BCUT2D eigenvalue weighted by Crippen LogP contribution is -2.19. The van der Waals surface area contributed by atoms with Crippen molar-refractivity contribution in [3.8, 4) is 0 Å². The predicted molar refractivity (Wildman–Crippen MR) is 74.7 cm³/mol. The molecular formula is C12H13BrN4O2. The lowest BCUT2D eigenvalue weighted by Gasteiger charge is -2.06. The molecule has 1 aromatic heterocycles. The van der Waals surface area contributed by atoms with Gasteiger partial charge in [0.15, 0.2) is 0 Å². The summed E-state index contributed by atoms with van der Waals surface area (Å²) in [6.45, 7) is 1.96. The van der Waals surface area contributed by atoms with Gasteiger partial charge < -0.3 is 9.88 Å². The van der Waals surface area contributed by atoms with E-state index in [1.807, 2.05) is 10.8 Å². The van der Waals surface area contributed by atoms with E-state index >= 15 is 0 Å². The highest BCUT2D eigenvalue weighted by molar-refractivity contribution is 9.10. The van der Waals surface area contributed by atoms with E-state index in [9.17, 15) is 10.1 Å². The van der Waals surface area contributed by atoms with Gasteiger partial charge in [-0.15, -0.1) is 0 Å². The van der Waals surface area contributed by atoms with Crippen LogP contribution >= 0.6 is 15.9 Å². The van der Waals surface area contributed by atoms with E-state index < -0.39 is 0 Å². The number of hydrogen-bond acceptors (Lipinski definition) is 4. The number of nitro benzene ring substituents is 1. The molecule has 0 saturated carbocycles. The van der Waals surface area contributed by atoms with Crippen LogP contribution in [0.1, 0.15) is 5.56 Å². The molecule has 0 amide bonds. The number of rotatable bonds is 6. The van der Waals surface area contributed by atoms with Gasteiger partial charge in [0.25, 0.3) is 5.69 Å². The summed E-state index contributed by atoms with van der Waals surface area (Å²) in [5.41, 5.74) is 0.809. The Labute approximate surface area is 118 Å². The van der Waals surface area contributed by atoms with E-state index in [0.29, 0.717) is 12.1 Å². The molecule has 1 aromatic carbocycles. The molecule has 0 bridgehead atoms.